The van der Waals surface area contributed by atoms with E-state index in [0.717, 1.165) is 31.4 Å². The summed E-state index contributed by atoms with van der Waals surface area (Å²) in [5.41, 5.74) is 2.03. The Morgan fingerprint density at radius 2 is 1.83 bits per heavy atom. The topological polar surface area (TPSA) is 109 Å². The zero-order valence-electron chi connectivity index (χ0n) is 17.0. The van der Waals surface area contributed by atoms with Crippen molar-refractivity contribution in [3.63, 3.8) is 0 Å². The summed E-state index contributed by atoms with van der Waals surface area (Å²) in [7, 11) is 0. The minimum absolute atomic E-state index is 0.0196. The van der Waals surface area contributed by atoms with Crippen molar-refractivity contribution < 1.29 is 19.1 Å². The summed E-state index contributed by atoms with van der Waals surface area (Å²) in [6, 6.07) is 6.42. The van der Waals surface area contributed by atoms with E-state index in [9.17, 15) is 14.4 Å². The molecule has 1 aromatic carbocycles. The van der Waals surface area contributed by atoms with Crippen LogP contribution in [0.1, 0.15) is 62.2 Å². The highest BCUT2D eigenvalue weighted by molar-refractivity contribution is 8.15. The van der Waals surface area contributed by atoms with Gasteiger partial charge in [-0.3, -0.25) is 9.59 Å². The highest BCUT2D eigenvalue weighted by atomic mass is 32.2. The standard InChI is InChI=1S/C21H26N4O4S/c1-2-29-20(28)14-9-11-15(12-10-14)22-18(26)13-17-19(27)23-21(30-17)25-24-16-7-5-3-4-6-8-16/h9-12,17H,2-8,13H2,1H3,(H,22,26)(H,23,25,27). The van der Waals surface area contributed by atoms with Crippen LogP contribution in [0.4, 0.5) is 5.69 Å². The number of rotatable bonds is 6. The number of thioether (sulfide) groups is 1. The van der Waals surface area contributed by atoms with E-state index in [-0.39, 0.29) is 18.2 Å². The van der Waals surface area contributed by atoms with E-state index in [4.69, 9.17) is 4.74 Å². The molecule has 2 amide bonds. The fraction of sp³-hybridized carbons (Fsp3) is 0.476. The quantitative estimate of drug-likeness (QED) is 0.408. The molecule has 8 nitrogen and oxygen atoms in total. The molecule has 0 aromatic heterocycles. The summed E-state index contributed by atoms with van der Waals surface area (Å²) in [5.74, 6) is -0.941. The van der Waals surface area contributed by atoms with E-state index in [1.807, 2.05) is 0 Å². The van der Waals surface area contributed by atoms with E-state index in [1.54, 1.807) is 31.2 Å². The monoisotopic (exact) mass is 430 g/mol. The maximum atomic E-state index is 12.3. The lowest BCUT2D eigenvalue weighted by molar-refractivity contribution is -0.122. The van der Waals surface area contributed by atoms with Gasteiger partial charge in [-0.05, 0) is 56.9 Å². The van der Waals surface area contributed by atoms with Crippen LogP contribution in [0.2, 0.25) is 0 Å². The number of anilines is 1. The number of carbonyl (C=O) groups excluding carboxylic acids is 3. The van der Waals surface area contributed by atoms with Gasteiger partial charge in [0.2, 0.25) is 11.8 Å². The summed E-state index contributed by atoms with van der Waals surface area (Å²) in [6.45, 7) is 2.04. The van der Waals surface area contributed by atoms with Crippen molar-refractivity contribution in [3.05, 3.63) is 29.8 Å². The van der Waals surface area contributed by atoms with Crippen LogP contribution in [0.15, 0.2) is 34.5 Å². The molecule has 1 saturated carbocycles. The average molecular weight is 431 g/mol. The number of ether oxygens (including phenoxy) is 1. The van der Waals surface area contributed by atoms with Crippen LogP contribution >= 0.6 is 11.8 Å². The molecule has 1 aromatic rings. The molecule has 160 valence electrons. The van der Waals surface area contributed by atoms with Gasteiger partial charge in [0.05, 0.1) is 12.2 Å². The molecule has 0 bridgehead atoms. The molecule has 1 aliphatic heterocycles. The molecule has 1 saturated heterocycles. The maximum Gasteiger partial charge on any atom is 0.338 e. The van der Waals surface area contributed by atoms with E-state index in [1.165, 1.54) is 24.6 Å². The van der Waals surface area contributed by atoms with Gasteiger partial charge in [-0.2, -0.15) is 5.10 Å². The lowest BCUT2D eigenvalue weighted by atomic mass is 10.2. The van der Waals surface area contributed by atoms with Crippen LogP contribution in [-0.4, -0.2) is 40.5 Å². The van der Waals surface area contributed by atoms with Crippen LogP contribution in [0.25, 0.3) is 0 Å². The minimum atomic E-state index is -0.545. The first kappa shape index (κ1) is 22.0. The number of hydrogen-bond donors (Lipinski definition) is 2. The van der Waals surface area contributed by atoms with Gasteiger partial charge in [0, 0.05) is 17.8 Å². The van der Waals surface area contributed by atoms with Crippen LogP contribution in [0.3, 0.4) is 0 Å². The fourth-order valence-corrected chi connectivity index (χ4v) is 4.14. The van der Waals surface area contributed by atoms with Crippen molar-refractivity contribution in [3.8, 4) is 0 Å². The van der Waals surface area contributed by atoms with Gasteiger partial charge in [0.25, 0.3) is 0 Å². The zero-order valence-corrected chi connectivity index (χ0v) is 17.8. The maximum absolute atomic E-state index is 12.3. The van der Waals surface area contributed by atoms with Crippen molar-refractivity contribution >= 4 is 46.1 Å². The molecular formula is C21H26N4O4S. The third kappa shape index (κ3) is 6.41. The second-order valence-corrected chi connectivity index (χ2v) is 8.32. The van der Waals surface area contributed by atoms with Gasteiger partial charge in [0.15, 0.2) is 5.17 Å². The Morgan fingerprint density at radius 3 is 2.50 bits per heavy atom. The molecule has 1 heterocycles. The Labute approximate surface area is 179 Å². The number of carbonyl (C=O) groups is 3. The Hall–Kier alpha value is -2.68. The predicted octanol–water partition coefficient (Wildman–Crippen LogP) is 3.49. The number of nitrogens with zero attached hydrogens (tertiary/aromatic N) is 2. The molecule has 1 unspecified atom stereocenters. The van der Waals surface area contributed by atoms with Crippen LogP contribution in [0.5, 0.6) is 0 Å². The molecule has 1 atom stereocenters. The average Bonchev–Trinajstić information content (AvgIpc) is 2.92. The fourth-order valence-electron chi connectivity index (χ4n) is 3.22. The van der Waals surface area contributed by atoms with Gasteiger partial charge in [-0.25, -0.2) is 4.79 Å². The Balaban J connectivity index is 1.51. The highest BCUT2D eigenvalue weighted by Crippen LogP contribution is 2.24. The van der Waals surface area contributed by atoms with E-state index in [2.05, 4.69) is 20.8 Å². The van der Waals surface area contributed by atoms with Gasteiger partial charge >= 0.3 is 5.97 Å². The summed E-state index contributed by atoms with van der Waals surface area (Å²) >= 11 is 1.22. The second kappa shape index (κ2) is 10.9. The summed E-state index contributed by atoms with van der Waals surface area (Å²) < 4.78 is 4.93. The van der Waals surface area contributed by atoms with E-state index < -0.39 is 11.2 Å². The molecule has 0 spiro atoms. The number of nitrogens with one attached hydrogen (secondary N) is 2. The van der Waals surface area contributed by atoms with Crippen molar-refractivity contribution in [1.82, 2.24) is 5.32 Å². The van der Waals surface area contributed by atoms with Crippen molar-refractivity contribution in [1.29, 1.82) is 0 Å². The number of amides is 2. The summed E-state index contributed by atoms with van der Waals surface area (Å²) in [4.78, 5) is 36.2. The SMILES string of the molecule is CCOC(=O)c1ccc(NC(=O)CC2S/C(=N/N=C3CCCCCC3)NC2=O)cc1. The van der Waals surface area contributed by atoms with Crippen molar-refractivity contribution in [2.75, 3.05) is 11.9 Å². The predicted molar refractivity (Wildman–Crippen MR) is 118 cm³/mol. The first-order valence-corrected chi connectivity index (χ1v) is 11.1. The normalized spacial score (nSPS) is 20.4. The zero-order chi connectivity index (χ0) is 21.3. The third-order valence-corrected chi connectivity index (χ3v) is 5.86. The van der Waals surface area contributed by atoms with Gasteiger partial charge < -0.3 is 15.4 Å². The Bertz CT molecular complexity index is 841. The van der Waals surface area contributed by atoms with Crippen LogP contribution < -0.4 is 10.6 Å². The lowest BCUT2D eigenvalue weighted by Gasteiger charge is -2.08. The van der Waals surface area contributed by atoms with Gasteiger partial charge in [0.1, 0.15) is 5.25 Å². The molecule has 2 N–H and O–H groups in total. The van der Waals surface area contributed by atoms with E-state index in [0.29, 0.717) is 23.0 Å². The molecule has 3 rings (SSSR count). The summed E-state index contributed by atoms with van der Waals surface area (Å²) in [6.07, 6.45) is 6.64. The number of hydrogen-bond acceptors (Lipinski definition) is 7. The largest absolute Gasteiger partial charge is 0.462 e. The van der Waals surface area contributed by atoms with Crippen molar-refractivity contribution in [2.24, 2.45) is 10.2 Å². The highest BCUT2D eigenvalue weighted by Gasteiger charge is 2.32. The smallest absolute Gasteiger partial charge is 0.338 e. The van der Waals surface area contributed by atoms with Crippen LogP contribution in [-0.2, 0) is 14.3 Å². The summed E-state index contributed by atoms with van der Waals surface area (Å²) in [5, 5.41) is 13.8. The number of benzene rings is 1. The molecule has 0 radical (unpaired) electrons. The van der Waals surface area contributed by atoms with Gasteiger partial charge in [-0.15, -0.1) is 5.10 Å². The third-order valence-electron chi connectivity index (χ3n) is 4.79. The number of esters is 1. The van der Waals surface area contributed by atoms with Crippen LogP contribution in [0, 0.1) is 0 Å². The Morgan fingerprint density at radius 1 is 1.13 bits per heavy atom. The molecule has 2 aliphatic rings. The first-order chi connectivity index (χ1) is 14.5. The molecule has 30 heavy (non-hydrogen) atoms. The molecule has 2 fully saturated rings. The lowest BCUT2D eigenvalue weighted by Crippen LogP contribution is -2.28. The van der Waals surface area contributed by atoms with Crippen molar-refractivity contribution in [2.45, 2.75) is 57.1 Å². The van der Waals surface area contributed by atoms with Gasteiger partial charge in [-0.1, -0.05) is 24.6 Å². The Kier molecular flexibility index (Phi) is 8.01. The second-order valence-electron chi connectivity index (χ2n) is 7.13. The molecule has 1 aliphatic carbocycles. The first-order valence-electron chi connectivity index (χ1n) is 10.2. The minimum Gasteiger partial charge on any atom is -0.462 e. The van der Waals surface area contributed by atoms with E-state index >= 15 is 0 Å². The molecular weight excluding hydrogens is 404 g/mol. The number of amidine groups is 1. The molecule has 9 heteroatoms.